The minimum absolute atomic E-state index is 0.0380. The van der Waals surface area contributed by atoms with E-state index in [4.69, 9.17) is 4.74 Å². The van der Waals surface area contributed by atoms with Gasteiger partial charge in [0, 0.05) is 19.0 Å². The Morgan fingerprint density at radius 3 is 2.30 bits per heavy atom. The van der Waals surface area contributed by atoms with Gasteiger partial charge in [0.05, 0.1) is 29.8 Å². The van der Waals surface area contributed by atoms with Gasteiger partial charge in [-0.05, 0) is 50.1 Å². The molecule has 0 aromatic heterocycles. The number of nitrogens with one attached hydrogen (secondary N) is 2. The topological polar surface area (TPSA) is 105 Å². The van der Waals surface area contributed by atoms with E-state index in [2.05, 4.69) is 10.6 Å². The second-order valence-corrected chi connectivity index (χ2v) is 7.89. The molecule has 1 aliphatic heterocycles. The van der Waals surface area contributed by atoms with E-state index in [1.807, 2.05) is 20.8 Å². The summed E-state index contributed by atoms with van der Waals surface area (Å²) in [6.07, 6.45) is 0.991. The molecule has 0 bridgehead atoms. The average Bonchev–Trinajstić information content (AvgIpc) is 3.05. The first-order valence-electron chi connectivity index (χ1n) is 11.1. The third-order valence-corrected chi connectivity index (χ3v) is 5.46. The Balaban J connectivity index is 1.71. The maximum atomic E-state index is 12.8. The molecule has 0 aliphatic carbocycles. The number of rotatable bonds is 10. The van der Waals surface area contributed by atoms with Crippen molar-refractivity contribution in [1.82, 2.24) is 15.5 Å². The minimum Gasteiger partial charge on any atom is -0.493 e. The predicted molar refractivity (Wildman–Crippen MR) is 123 cm³/mol. The summed E-state index contributed by atoms with van der Waals surface area (Å²) in [5, 5.41) is 5.60. The van der Waals surface area contributed by atoms with Crippen LogP contribution in [0.2, 0.25) is 0 Å². The standard InChI is InChI=1S/C25H29N3O5/c1-4-16(3)27-22(29)12-13-26-23(30)20-14-17(10-11-21(20)33-5-2)15-28-24(31)18-8-6-7-9-19(18)25(28)32/h6-11,14,16H,4-5,12-13,15H2,1-3H3,(H,26,30)(H,27,29). The third-order valence-electron chi connectivity index (χ3n) is 5.46. The summed E-state index contributed by atoms with van der Waals surface area (Å²) in [5.74, 6) is -0.844. The molecule has 1 unspecified atom stereocenters. The van der Waals surface area contributed by atoms with Crippen LogP contribution in [-0.4, -0.2) is 47.7 Å². The molecule has 0 fully saturated rings. The van der Waals surface area contributed by atoms with Crippen LogP contribution < -0.4 is 15.4 Å². The van der Waals surface area contributed by atoms with Crippen molar-refractivity contribution in [3.63, 3.8) is 0 Å². The summed E-state index contributed by atoms with van der Waals surface area (Å²) in [4.78, 5) is 51.3. The number of imide groups is 1. The van der Waals surface area contributed by atoms with E-state index in [1.54, 1.807) is 42.5 Å². The summed E-state index contributed by atoms with van der Waals surface area (Å²) in [6.45, 7) is 6.30. The van der Waals surface area contributed by atoms with Crippen molar-refractivity contribution in [1.29, 1.82) is 0 Å². The number of hydrogen-bond donors (Lipinski definition) is 2. The van der Waals surface area contributed by atoms with Gasteiger partial charge in [-0.15, -0.1) is 0 Å². The Morgan fingerprint density at radius 1 is 1.03 bits per heavy atom. The second kappa shape index (κ2) is 10.8. The fourth-order valence-electron chi connectivity index (χ4n) is 3.53. The monoisotopic (exact) mass is 451 g/mol. The van der Waals surface area contributed by atoms with Crippen LogP contribution in [0.1, 0.15) is 70.3 Å². The number of carbonyl (C=O) groups is 4. The number of hydrogen-bond acceptors (Lipinski definition) is 5. The molecule has 0 spiro atoms. The highest BCUT2D eigenvalue weighted by Crippen LogP contribution is 2.26. The molecule has 2 aromatic rings. The third kappa shape index (κ3) is 5.58. The summed E-state index contributed by atoms with van der Waals surface area (Å²) >= 11 is 0. The molecule has 3 rings (SSSR count). The molecule has 1 atom stereocenters. The van der Waals surface area contributed by atoms with Crippen molar-refractivity contribution in [3.8, 4) is 5.75 Å². The zero-order chi connectivity index (χ0) is 24.0. The van der Waals surface area contributed by atoms with E-state index in [9.17, 15) is 19.2 Å². The van der Waals surface area contributed by atoms with Crippen molar-refractivity contribution in [2.75, 3.05) is 13.2 Å². The lowest BCUT2D eigenvalue weighted by Gasteiger charge is -2.16. The van der Waals surface area contributed by atoms with Crippen LogP contribution in [0, 0.1) is 0 Å². The van der Waals surface area contributed by atoms with Gasteiger partial charge in [-0.2, -0.15) is 0 Å². The SMILES string of the molecule is CCOc1ccc(CN2C(=O)c3ccccc3C2=O)cc1C(=O)NCCC(=O)NC(C)CC. The van der Waals surface area contributed by atoms with E-state index in [0.717, 1.165) is 6.42 Å². The van der Waals surface area contributed by atoms with E-state index in [0.29, 0.717) is 29.0 Å². The highest BCUT2D eigenvalue weighted by molar-refractivity contribution is 6.21. The molecule has 2 aromatic carbocycles. The Labute approximate surface area is 193 Å². The molecule has 33 heavy (non-hydrogen) atoms. The molecule has 4 amide bonds. The molecular formula is C25H29N3O5. The van der Waals surface area contributed by atoms with Crippen molar-refractivity contribution in [2.45, 2.75) is 46.2 Å². The van der Waals surface area contributed by atoms with Gasteiger partial charge in [0.2, 0.25) is 5.91 Å². The summed E-state index contributed by atoms with van der Waals surface area (Å²) in [5.41, 5.74) is 1.66. The lowest BCUT2D eigenvalue weighted by molar-refractivity contribution is -0.121. The zero-order valence-corrected chi connectivity index (χ0v) is 19.1. The number of amides is 4. The van der Waals surface area contributed by atoms with Gasteiger partial charge in [0.15, 0.2) is 0 Å². The van der Waals surface area contributed by atoms with Crippen LogP contribution in [0.3, 0.4) is 0 Å². The summed E-state index contributed by atoms with van der Waals surface area (Å²) in [7, 11) is 0. The normalized spacial score (nSPS) is 13.5. The van der Waals surface area contributed by atoms with Gasteiger partial charge < -0.3 is 15.4 Å². The number of benzene rings is 2. The molecule has 0 saturated heterocycles. The molecule has 8 nitrogen and oxygen atoms in total. The molecule has 1 aliphatic rings. The second-order valence-electron chi connectivity index (χ2n) is 7.89. The van der Waals surface area contributed by atoms with Crippen molar-refractivity contribution in [3.05, 3.63) is 64.7 Å². The van der Waals surface area contributed by atoms with Crippen molar-refractivity contribution in [2.24, 2.45) is 0 Å². The van der Waals surface area contributed by atoms with Crippen molar-refractivity contribution >= 4 is 23.6 Å². The van der Waals surface area contributed by atoms with Crippen molar-refractivity contribution < 1.29 is 23.9 Å². The summed E-state index contributed by atoms with van der Waals surface area (Å²) < 4.78 is 5.58. The first-order valence-corrected chi connectivity index (χ1v) is 11.1. The van der Waals surface area contributed by atoms with Gasteiger partial charge in [0.1, 0.15) is 5.75 Å². The predicted octanol–water partition coefficient (Wildman–Crippen LogP) is 2.92. The smallest absolute Gasteiger partial charge is 0.261 e. The van der Waals surface area contributed by atoms with Gasteiger partial charge in [-0.3, -0.25) is 24.1 Å². The molecule has 8 heteroatoms. The average molecular weight is 452 g/mol. The minimum atomic E-state index is -0.390. The van der Waals surface area contributed by atoms with Crippen LogP contribution in [0.25, 0.3) is 0 Å². The van der Waals surface area contributed by atoms with E-state index >= 15 is 0 Å². The summed E-state index contributed by atoms with van der Waals surface area (Å²) in [6, 6.07) is 11.8. The quantitative estimate of drug-likeness (QED) is 0.541. The zero-order valence-electron chi connectivity index (χ0n) is 19.1. The fraction of sp³-hybridized carbons (Fsp3) is 0.360. The van der Waals surface area contributed by atoms with Crippen LogP contribution in [-0.2, 0) is 11.3 Å². The van der Waals surface area contributed by atoms with Gasteiger partial charge >= 0.3 is 0 Å². The largest absolute Gasteiger partial charge is 0.493 e. The highest BCUT2D eigenvalue weighted by Gasteiger charge is 2.35. The Bertz CT molecular complexity index is 1030. The molecular weight excluding hydrogens is 422 g/mol. The Hall–Kier alpha value is -3.68. The molecule has 0 radical (unpaired) electrons. The van der Waals surface area contributed by atoms with Crippen LogP contribution in [0.4, 0.5) is 0 Å². The number of ether oxygens (including phenoxy) is 1. The number of carbonyl (C=O) groups excluding carboxylic acids is 4. The lowest BCUT2D eigenvalue weighted by Crippen LogP contribution is -2.35. The molecule has 1 heterocycles. The maximum absolute atomic E-state index is 12.8. The fourth-order valence-corrected chi connectivity index (χ4v) is 3.53. The molecule has 174 valence electrons. The van der Waals surface area contributed by atoms with Crippen LogP contribution >= 0.6 is 0 Å². The lowest BCUT2D eigenvalue weighted by atomic mass is 10.1. The van der Waals surface area contributed by atoms with E-state index < -0.39 is 0 Å². The van der Waals surface area contributed by atoms with Crippen LogP contribution in [0.5, 0.6) is 5.75 Å². The Kier molecular flexibility index (Phi) is 7.82. The van der Waals surface area contributed by atoms with Gasteiger partial charge in [-0.25, -0.2) is 0 Å². The van der Waals surface area contributed by atoms with E-state index in [-0.39, 0.29) is 54.7 Å². The van der Waals surface area contributed by atoms with E-state index in [1.165, 1.54) is 4.90 Å². The molecule has 0 saturated carbocycles. The number of fused-ring (bicyclic) bond motifs is 1. The van der Waals surface area contributed by atoms with Crippen LogP contribution in [0.15, 0.2) is 42.5 Å². The Morgan fingerprint density at radius 2 is 1.70 bits per heavy atom. The maximum Gasteiger partial charge on any atom is 0.261 e. The highest BCUT2D eigenvalue weighted by atomic mass is 16.5. The first-order chi connectivity index (χ1) is 15.8. The number of nitrogens with zero attached hydrogens (tertiary/aromatic N) is 1. The van der Waals surface area contributed by atoms with Gasteiger partial charge in [0.25, 0.3) is 17.7 Å². The first kappa shape index (κ1) is 24.0. The van der Waals surface area contributed by atoms with Gasteiger partial charge in [-0.1, -0.05) is 25.1 Å². The molecule has 2 N–H and O–H groups in total.